The molecule has 84 valence electrons. The second kappa shape index (κ2) is 4.05. The third kappa shape index (κ3) is 1.88. The van der Waals surface area contributed by atoms with Crippen LogP contribution in [0.15, 0.2) is 27.4 Å². The van der Waals surface area contributed by atoms with Gasteiger partial charge in [0.05, 0.1) is 12.3 Å². The lowest BCUT2D eigenvalue weighted by molar-refractivity contribution is 0.0926. The van der Waals surface area contributed by atoms with Gasteiger partial charge in [-0.2, -0.15) is 0 Å². The first-order valence-electron chi connectivity index (χ1n) is 4.61. The molecule has 0 fully saturated rings. The van der Waals surface area contributed by atoms with E-state index in [1.54, 1.807) is 19.1 Å². The Labute approximate surface area is 90.6 Å². The molecule has 0 aliphatic heterocycles. The fraction of sp³-hybridized carbons (Fsp3) is 0.222. The van der Waals surface area contributed by atoms with E-state index in [9.17, 15) is 4.79 Å². The zero-order valence-corrected chi connectivity index (χ0v) is 8.51. The van der Waals surface area contributed by atoms with Gasteiger partial charge in [0.2, 0.25) is 11.5 Å². The van der Waals surface area contributed by atoms with Gasteiger partial charge in [0.1, 0.15) is 5.76 Å². The van der Waals surface area contributed by atoms with Gasteiger partial charge < -0.3 is 15.5 Å². The third-order valence-corrected chi connectivity index (χ3v) is 2.05. The molecular formula is C9H10N4O3. The van der Waals surface area contributed by atoms with Crippen LogP contribution in [0.5, 0.6) is 0 Å². The van der Waals surface area contributed by atoms with Crippen molar-refractivity contribution < 1.29 is 13.8 Å². The number of rotatable bonds is 3. The van der Waals surface area contributed by atoms with E-state index in [-0.39, 0.29) is 17.6 Å². The monoisotopic (exact) mass is 222 g/mol. The molecule has 2 aromatic heterocycles. The zero-order chi connectivity index (χ0) is 11.5. The number of amides is 1. The maximum absolute atomic E-state index is 11.6. The molecule has 0 bridgehead atoms. The summed E-state index contributed by atoms with van der Waals surface area (Å²) in [6, 6.07) is 3.22. The van der Waals surface area contributed by atoms with Crippen molar-refractivity contribution in [2.75, 3.05) is 5.73 Å². The fourth-order valence-electron chi connectivity index (χ4n) is 1.23. The van der Waals surface area contributed by atoms with E-state index < -0.39 is 5.91 Å². The van der Waals surface area contributed by atoms with E-state index in [0.29, 0.717) is 5.76 Å². The average molecular weight is 222 g/mol. The number of carbonyl (C=O) groups is 1. The van der Waals surface area contributed by atoms with Crippen molar-refractivity contribution in [3.05, 3.63) is 29.9 Å². The first kappa shape index (κ1) is 10.2. The summed E-state index contributed by atoms with van der Waals surface area (Å²) < 4.78 is 9.47. The SMILES string of the molecule is C[C@H](NC(=O)c1nonc1N)c1ccco1. The summed E-state index contributed by atoms with van der Waals surface area (Å²) in [6.07, 6.45) is 1.53. The van der Waals surface area contributed by atoms with Gasteiger partial charge in [-0.05, 0) is 29.4 Å². The van der Waals surface area contributed by atoms with Crippen molar-refractivity contribution in [1.82, 2.24) is 15.6 Å². The fourth-order valence-corrected chi connectivity index (χ4v) is 1.23. The summed E-state index contributed by atoms with van der Waals surface area (Å²) in [7, 11) is 0. The molecule has 0 saturated carbocycles. The Bertz CT molecular complexity index is 477. The summed E-state index contributed by atoms with van der Waals surface area (Å²) >= 11 is 0. The summed E-state index contributed by atoms with van der Waals surface area (Å²) in [4.78, 5) is 11.6. The van der Waals surface area contributed by atoms with Crippen molar-refractivity contribution in [2.24, 2.45) is 0 Å². The Morgan fingerprint density at radius 2 is 2.38 bits per heavy atom. The smallest absolute Gasteiger partial charge is 0.278 e. The third-order valence-electron chi connectivity index (χ3n) is 2.05. The molecule has 2 heterocycles. The summed E-state index contributed by atoms with van der Waals surface area (Å²) in [5, 5.41) is 9.36. The Morgan fingerprint density at radius 1 is 1.56 bits per heavy atom. The van der Waals surface area contributed by atoms with Crippen LogP contribution in [0.2, 0.25) is 0 Å². The largest absolute Gasteiger partial charge is 0.467 e. The molecule has 7 heteroatoms. The highest BCUT2D eigenvalue weighted by molar-refractivity contribution is 5.96. The summed E-state index contributed by atoms with van der Waals surface area (Å²) in [5.74, 6) is 0.148. The van der Waals surface area contributed by atoms with Gasteiger partial charge in [-0.15, -0.1) is 0 Å². The molecule has 0 aliphatic rings. The van der Waals surface area contributed by atoms with Crippen LogP contribution in [0, 0.1) is 0 Å². The van der Waals surface area contributed by atoms with Gasteiger partial charge in [-0.1, -0.05) is 0 Å². The van der Waals surface area contributed by atoms with Crippen LogP contribution < -0.4 is 11.1 Å². The average Bonchev–Trinajstić information content (AvgIpc) is 2.86. The standard InChI is InChI=1S/C9H10N4O3/c1-5(6-3-2-4-15-6)11-9(14)7-8(10)13-16-12-7/h2-5H,1H3,(H2,10,13)(H,11,14)/t5-/m0/s1. The molecule has 1 amide bonds. The molecule has 0 aliphatic carbocycles. The van der Waals surface area contributed by atoms with Gasteiger partial charge in [-0.25, -0.2) is 4.63 Å². The van der Waals surface area contributed by atoms with Gasteiger partial charge in [-0.3, -0.25) is 4.79 Å². The lowest BCUT2D eigenvalue weighted by Crippen LogP contribution is -2.27. The van der Waals surface area contributed by atoms with E-state index in [4.69, 9.17) is 10.2 Å². The highest BCUT2D eigenvalue weighted by atomic mass is 16.6. The second-order valence-electron chi connectivity index (χ2n) is 3.21. The van der Waals surface area contributed by atoms with Crippen molar-refractivity contribution in [1.29, 1.82) is 0 Å². The minimum atomic E-state index is -0.456. The van der Waals surface area contributed by atoms with E-state index in [0.717, 1.165) is 0 Å². The minimum absolute atomic E-state index is 0.0293. The minimum Gasteiger partial charge on any atom is -0.467 e. The van der Waals surface area contributed by atoms with Crippen LogP contribution in [0.3, 0.4) is 0 Å². The zero-order valence-electron chi connectivity index (χ0n) is 8.51. The van der Waals surface area contributed by atoms with E-state index in [1.807, 2.05) is 0 Å². The lowest BCUT2D eigenvalue weighted by atomic mass is 10.2. The number of aromatic nitrogens is 2. The molecule has 1 atom stereocenters. The van der Waals surface area contributed by atoms with Gasteiger partial charge in [0.15, 0.2) is 0 Å². The van der Waals surface area contributed by atoms with Gasteiger partial charge in [0, 0.05) is 0 Å². The van der Waals surface area contributed by atoms with Crippen LogP contribution in [0.1, 0.15) is 29.2 Å². The predicted octanol–water partition coefficient (Wildman–Crippen LogP) is 0.736. The number of nitrogens with two attached hydrogens (primary N) is 1. The Kier molecular flexibility index (Phi) is 2.59. The maximum atomic E-state index is 11.6. The highest BCUT2D eigenvalue weighted by Crippen LogP contribution is 2.13. The van der Waals surface area contributed by atoms with Gasteiger partial charge in [0.25, 0.3) is 5.91 Å². The topological polar surface area (TPSA) is 107 Å². The molecule has 0 spiro atoms. The number of furan rings is 1. The molecule has 3 N–H and O–H groups in total. The molecular weight excluding hydrogens is 212 g/mol. The quantitative estimate of drug-likeness (QED) is 0.792. The predicted molar refractivity (Wildman–Crippen MR) is 53.3 cm³/mol. The van der Waals surface area contributed by atoms with E-state index in [1.165, 1.54) is 6.26 Å². The Morgan fingerprint density at radius 3 is 2.94 bits per heavy atom. The molecule has 16 heavy (non-hydrogen) atoms. The van der Waals surface area contributed by atoms with Crippen LogP contribution in [0.4, 0.5) is 5.82 Å². The number of carbonyl (C=O) groups excluding carboxylic acids is 1. The highest BCUT2D eigenvalue weighted by Gasteiger charge is 2.19. The van der Waals surface area contributed by atoms with Crippen LogP contribution in [0.25, 0.3) is 0 Å². The molecule has 2 rings (SSSR count). The van der Waals surface area contributed by atoms with Crippen LogP contribution in [-0.2, 0) is 0 Å². The van der Waals surface area contributed by atoms with Crippen molar-refractivity contribution in [3.63, 3.8) is 0 Å². The second-order valence-corrected chi connectivity index (χ2v) is 3.21. The summed E-state index contributed by atoms with van der Waals surface area (Å²) in [5.41, 5.74) is 5.35. The van der Waals surface area contributed by atoms with Crippen molar-refractivity contribution in [3.8, 4) is 0 Å². The number of hydrogen-bond donors (Lipinski definition) is 2. The van der Waals surface area contributed by atoms with E-state index >= 15 is 0 Å². The summed E-state index contributed by atoms with van der Waals surface area (Å²) in [6.45, 7) is 1.78. The van der Waals surface area contributed by atoms with Crippen molar-refractivity contribution in [2.45, 2.75) is 13.0 Å². The first-order chi connectivity index (χ1) is 7.68. The molecule has 7 nitrogen and oxygen atoms in total. The van der Waals surface area contributed by atoms with Crippen molar-refractivity contribution >= 4 is 11.7 Å². The number of hydrogen-bond acceptors (Lipinski definition) is 6. The molecule has 0 aromatic carbocycles. The molecule has 2 aromatic rings. The van der Waals surface area contributed by atoms with E-state index in [2.05, 4.69) is 20.3 Å². The first-order valence-corrected chi connectivity index (χ1v) is 4.61. The molecule has 0 saturated heterocycles. The molecule has 0 radical (unpaired) electrons. The Hall–Kier alpha value is -2.31. The number of nitrogens with zero attached hydrogens (tertiary/aromatic N) is 2. The number of anilines is 1. The number of nitrogen functional groups attached to an aromatic ring is 1. The lowest BCUT2D eigenvalue weighted by Gasteiger charge is -2.09. The molecule has 0 unspecified atom stereocenters. The number of nitrogens with one attached hydrogen (secondary N) is 1. The maximum Gasteiger partial charge on any atom is 0.278 e. The Balaban J connectivity index is 2.06. The normalized spacial score (nSPS) is 12.3. The van der Waals surface area contributed by atoms with Gasteiger partial charge >= 0.3 is 0 Å². The van der Waals surface area contributed by atoms with Crippen LogP contribution in [-0.4, -0.2) is 16.2 Å². The van der Waals surface area contributed by atoms with Crippen LogP contribution >= 0.6 is 0 Å².